The Morgan fingerprint density at radius 1 is 1.46 bits per heavy atom. The van der Waals surface area contributed by atoms with Gasteiger partial charge < -0.3 is 10.5 Å². The quantitative estimate of drug-likeness (QED) is 0.710. The van der Waals surface area contributed by atoms with Crippen LogP contribution < -0.4 is 10.5 Å². The van der Waals surface area contributed by atoms with Gasteiger partial charge in [-0.15, -0.1) is 0 Å². The molecule has 0 atom stereocenters. The maximum Gasteiger partial charge on any atom is 0.147 e. The molecular weight excluding hydrogens is 230 g/mol. The standard InChI is InChI=1S/C10H12BrNO/c1-10(2)5-6-7(11)3-4-8(12)9(6)13-10/h3-4H,5,12H2,1-2H3. The van der Waals surface area contributed by atoms with E-state index in [9.17, 15) is 0 Å². The molecule has 0 bridgehead atoms. The zero-order chi connectivity index (χ0) is 9.64. The molecule has 2 N–H and O–H groups in total. The van der Waals surface area contributed by atoms with Crippen molar-refractivity contribution in [2.75, 3.05) is 5.73 Å². The van der Waals surface area contributed by atoms with Gasteiger partial charge in [0.1, 0.15) is 11.4 Å². The molecule has 0 amide bonds. The highest BCUT2D eigenvalue weighted by Gasteiger charge is 2.32. The Balaban J connectivity index is 2.56. The minimum absolute atomic E-state index is 0.125. The fraction of sp³-hybridized carbons (Fsp3) is 0.400. The number of halogens is 1. The summed E-state index contributed by atoms with van der Waals surface area (Å²) in [7, 11) is 0. The minimum atomic E-state index is -0.125. The first-order valence-electron chi connectivity index (χ1n) is 4.25. The lowest BCUT2D eigenvalue weighted by molar-refractivity contribution is 0.139. The molecule has 13 heavy (non-hydrogen) atoms. The Morgan fingerprint density at radius 3 is 2.77 bits per heavy atom. The minimum Gasteiger partial charge on any atom is -0.485 e. The van der Waals surface area contributed by atoms with Crippen LogP contribution >= 0.6 is 15.9 Å². The zero-order valence-electron chi connectivity index (χ0n) is 7.73. The number of nitrogens with two attached hydrogens (primary N) is 1. The van der Waals surface area contributed by atoms with Crippen LogP contribution in [0.4, 0.5) is 5.69 Å². The van der Waals surface area contributed by atoms with E-state index in [-0.39, 0.29) is 5.60 Å². The van der Waals surface area contributed by atoms with Crippen molar-refractivity contribution in [3.63, 3.8) is 0 Å². The molecule has 0 aromatic heterocycles. The van der Waals surface area contributed by atoms with Gasteiger partial charge in [0.15, 0.2) is 0 Å². The molecule has 0 saturated heterocycles. The lowest BCUT2D eigenvalue weighted by Crippen LogP contribution is -2.24. The summed E-state index contributed by atoms with van der Waals surface area (Å²) in [4.78, 5) is 0. The van der Waals surface area contributed by atoms with E-state index in [1.54, 1.807) is 0 Å². The molecular formula is C10H12BrNO. The largest absolute Gasteiger partial charge is 0.485 e. The molecule has 1 heterocycles. The smallest absolute Gasteiger partial charge is 0.147 e. The second-order valence-electron chi connectivity index (χ2n) is 3.98. The van der Waals surface area contributed by atoms with Crippen molar-refractivity contribution in [2.24, 2.45) is 0 Å². The normalized spacial score (nSPS) is 18.1. The summed E-state index contributed by atoms with van der Waals surface area (Å²) in [6, 6.07) is 3.84. The Morgan fingerprint density at radius 2 is 2.15 bits per heavy atom. The van der Waals surface area contributed by atoms with Crippen LogP contribution in [-0.4, -0.2) is 5.60 Å². The second kappa shape index (κ2) is 2.64. The number of hydrogen-bond donors (Lipinski definition) is 1. The van der Waals surface area contributed by atoms with Crippen molar-refractivity contribution in [2.45, 2.75) is 25.9 Å². The summed E-state index contributed by atoms with van der Waals surface area (Å²) in [6.45, 7) is 4.14. The van der Waals surface area contributed by atoms with Crippen LogP contribution in [0.15, 0.2) is 16.6 Å². The van der Waals surface area contributed by atoms with Crippen LogP contribution in [0, 0.1) is 0 Å². The van der Waals surface area contributed by atoms with E-state index < -0.39 is 0 Å². The highest BCUT2D eigenvalue weighted by atomic mass is 79.9. The summed E-state index contributed by atoms with van der Waals surface area (Å²) in [5.41, 5.74) is 7.60. The molecule has 0 spiro atoms. The molecule has 0 aliphatic carbocycles. The summed E-state index contributed by atoms with van der Waals surface area (Å²) in [6.07, 6.45) is 0.911. The molecule has 0 unspecified atom stereocenters. The van der Waals surface area contributed by atoms with E-state index >= 15 is 0 Å². The molecule has 0 saturated carbocycles. The van der Waals surface area contributed by atoms with Crippen molar-refractivity contribution in [1.82, 2.24) is 0 Å². The van der Waals surface area contributed by atoms with E-state index in [4.69, 9.17) is 10.5 Å². The summed E-state index contributed by atoms with van der Waals surface area (Å²) in [5.74, 6) is 0.847. The molecule has 1 aliphatic rings. The number of nitrogen functional groups attached to an aromatic ring is 1. The van der Waals surface area contributed by atoms with Gasteiger partial charge in [-0.3, -0.25) is 0 Å². The highest BCUT2D eigenvalue weighted by molar-refractivity contribution is 9.10. The number of rotatable bonds is 0. The van der Waals surface area contributed by atoms with Gasteiger partial charge in [-0.1, -0.05) is 15.9 Å². The number of benzene rings is 1. The molecule has 2 rings (SSSR count). The summed E-state index contributed by atoms with van der Waals surface area (Å²) in [5, 5.41) is 0. The average Bonchev–Trinajstić information content (AvgIpc) is 2.35. The van der Waals surface area contributed by atoms with Crippen molar-refractivity contribution < 1.29 is 4.74 Å². The van der Waals surface area contributed by atoms with Crippen LogP contribution in [0.25, 0.3) is 0 Å². The van der Waals surface area contributed by atoms with Crippen LogP contribution in [0.2, 0.25) is 0 Å². The predicted molar refractivity (Wildman–Crippen MR) is 57.0 cm³/mol. The van der Waals surface area contributed by atoms with E-state index in [2.05, 4.69) is 29.8 Å². The SMILES string of the molecule is CC1(C)Cc2c(Br)ccc(N)c2O1. The Labute approximate surface area is 86.2 Å². The topological polar surface area (TPSA) is 35.2 Å². The van der Waals surface area contributed by atoms with Crippen molar-refractivity contribution in [1.29, 1.82) is 0 Å². The Bertz CT molecular complexity index is 327. The van der Waals surface area contributed by atoms with Crippen LogP contribution in [0.5, 0.6) is 5.75 Å². The van der Waals surface area contributed by atoms with E-state index in [0.717, 1.165) is 22.3 Å². The van der Waals surface area contributed by atoms with Crippen molar-refractivity contribution >= 4 is 21.6 Å². The average molecular weight is 242 g/mol. The van der Waals surface area contributed by atoms with Gasteiger partial charge in [-0.05, 0) is 26.0 Å². The summed E-state index contributed by atoms with van der Waals surface area (Å²) < 4.78 is 6.84. The maximum absolute atomic E-state index is 5.82. The molecule has 3 heteroatoms. The number of hydrogen-bond acceptors (Lipinski definition) is 2. The molecule has 1 aliphatic heterocycles. The summed E-state index contributed by atoms with van der Waals surface area (Å²) >= 11 is 3.50. The fourth-order valence-electron chi connectivity index (χ4n) is 1.65. The molecule has 1 aromatic rings. The molecule has 1 aromatic carbocycles. The predicted octanol–water partition coefficient (Wildman–Crippen LogP) is 2.74. The van der Waals surface area contributed by atoms with Crippen LogP contribution in [-0.2, 0) is 6.42 Å². The van der Waals surface area contributed by atoms with Gasteiger partial charge in [0, 0.05) is 16.5 Å². The molecule has 0 radical (unpaired) electrons. The lowest BCUT2D eigenvalue weighted by Gasteiger charge is -2.17. The first-order chi connectivity index (χ1) is 5.99. The number of fused-ring (bicyclic) bond motifs is 1. The van der Waals surface area contributed by atoms with Gasteiger partial charge in [0.05, 0.1) is 5.69 Å². The first-order valence-corrected chi connectivity index (χ1v) is 5.05. The maximum atomic E-state index is 5.82. The van der Waals surface area contributed by atoms with Gasteiger partial charge in [-0.2, -0.15) is 0 Å². The van der Waals surface area contributed by atoms with Crippen molar-refractivity contribution in [3.8, 4) is 5.75 Å². The highest BCUT2D eigenvalue weighted by Crippen LogP contribution is 2.42. The van der Waals surface area contributed by atoms with E-state index in [1.165, 1.54) is 5.56 Å². The van der Waals surface area contributed by atoms with Gasteiger partial charge >= 0.3 is 0 Å². The molecule has 2 nitrogen and oxygen atoms in total. The Kier molecular flexibility index (Phi) is 1.80. The number of anilines is 1. The third-order valence-electron chi connectivity index (χ3n) is 2.21. The monoisotopic (exact) mass is 241 g/mol. The lowest BCUT2D eigenvalue weighted by atomic mass is 10.0. The first kappa shape index (κ1) is 8.88. The molecule has 0 fully saturated rings. The third kappa shape index (κ3) is 1.41. The van der Waals surface area contributed by atoms with E-state index in [0.29, 0.717) is 0 Å². The second-order valence-corrected chi connectivity index (χ2v) is 4.84. The Hall–Kier alpha value is -0.700. The van der Waals surface area contributed by atoms with Crippen molar-refractivity contribution in [3.05, 3.63) is 22.2 Å². The zero-order valence-corrected chi connectivity index (χ0v) is 9.31. The molecule has 70 valence electrons. The van der Waals surface area contributed by atoms with Gasteiger partial charge in [0.25, 0.3) is 0 Å². The van der Waals surface area contributed by atoms with E-state index in [1.807, 2.05) is 12.1 Å². The fourth-order valence-corrected chi connectivity index (χ4v) is 2.10. The number of ether oxygens (including phenoxy) is 1. The van der Waals surface area contributed by atoms with Gasteiger partial charge in [0.2, 0.25) is 0 Å². The van der Waals surface area contributed by atoms with Crippen LogP contribution in [0.1, 0.15) is 19.4 Å². The van der Waals surface area contributed by atoms with Gasteiger partial charge in [-0.25, -0.2) is 0 Å². The third-order valence-corrected chi connectivity index (χ3v) is 2.96. The van der Waals surface area contributed by atoms with Crippen LogP contribution in [0.3, 0.4) is 0 Å².